The fourth-order valence-corrected chi connectivity index (χ4v) is 3.05. The highest BCUT2D eigenvalue weighted by molar-refractivity contribution is 5.80. The minimum atomic E-state index is -0.535. The van der Waals surface area contributed by atoms with Gasteiger partial charge in [-0.15, -0.1) is 0 Å². The Hall–Kier alpha value is -2.37. The van der Waals surface area contributed by atoms with Crippen LogP contribution in [0.3, 0.4) is 0 Å². The Kier molecular flexibility index (Phi) is 6.85. The van der Waals surface area contributed by atoms with Crippen molar-refractivity contribution in [1.82, 2.24) is 10.2 Å². The minimum absolute atomic E-state index is 0.115. The molecule has 27 heavy (non-hydrogen) atoms. The van der Waals surface area contributed by atoms with Crippen molar-refractivity contribution < 1.29 is 14.3 Å². The van der Waals surface area contributed by atoms with Crippen molar-refractivity contribution in [1.29, 1.82) is 0 Å². The number of nitrogens with zero attached hydrogens (tertiary/aromatic N) is 1. The molecule has 2 aromatic carbocycles. The van der Waals surface area contributed by atoms with E-state index in [9.17, 15) is 4.79 Å². The van der Waals surface area contributed by atoms with Gasteiger partial charge < -0.3 is 14.8 Å². The predicted molar refractivity (Wildman–Crippen MR) is 106 cm³/mol. The Bertz CT molecular complexity index is 739. The Morgan fingerprint density at radius 3 is 2.48 bits per heavy atom. The summed E-state index contributed by atoms with van der Waals surface area (Å²) in [5.41, 5.74) is 3.38. The highest BCUT2D eigenvalue weighted by atomic mass is 16.5. The van der Waals surface area contributed by atoms with Gasteiger partial charge in [-0.25, -0.2) is 0 Å². The van der Waals surface area contributed by atoms with E-state index in [1.807, 2.05) is 31.2 Å². The van der Waals surface area contributed by atoms with Crippen molar-refractivity contribution in [2.45, 2.75) is 33.0 Å². The first kappa shape index (κ1) is 19.4. The maximum absolute atomic E-state index is 12.3. The first-order valence-corrected chi connectivity index (χ1v) is 9.50. The number of carbonyl (C=O) groups excluding carboxylic acids is 1. The molecule has 0 spiro atoms. The van der Waals surface area contributed by atoms with E-state index in [0.717, 1.165) is 49.7 Å². The first-order valence-electron chi connectivity index (χ1n) is 9.50. The second-order valence-corrected chi connectivity index (χ2v) is 6.95. The summed E-state index contributed by atoms with van der Waals surface area (Å²) >= 11 is 0. The van der Waals surface area contributed by atoms with Crippen LogP contribution >= 0.6 is 0 Å². The van der Waals surface area contributed by atoms with Gasteiger partial charge in [0.05, 0.1) is 13.2 Å². The van der Waals surface area contributed by atoms with Crippen molar-refractivity contribution in [2.75, 3.05) is 26.3 Å². The van der Waals surface area contributed by atoms with Gasteiger partial charge in [-0.3, -0.25) is 9.69 Å². The van der Waals surface area contributed by atoms with Crippen LogP contribution in [0.15, 0.2) is 48.5 Å². The molecule has 1 saturated heterocycles. The maximum Gasteiger partial charge on any atom is 0.261 e. The zero-order valence-corrected chi connectivity index (χ0v) is 16.1. The number of hydrogen-bond acceptors (Lipinski definition) is 4. The lowest BCUT2D eigenvalue weighted by Crippen LogP contribution is -2.36. The number of rotatable bonds is 7. The van der Waals surface area contributed by atoms with E-state index in [1.165, 1.54) is 5.56 Å². The van der Waals surface area contributed by atoms with Crippen molar-refractivity contribution in [3.05, 3.63) is 65.2 Å². The largest absolute Gasteiger partial charge is 0.481 e. The normalized spacial score (nSPS) is 15.9. The summed E-state index contributed by atoms with van der Waals surface area (Å²) in [5.74, 6) is 0.628. The van der Waals surface area contributed by atoms with Crippen LogP contribution in [0.4, 0.5) is 0 Å². The number of para-hydroxylation sites is 1. The SMILES string of the molecule is Cc1ccccc1OC(C)C(=O)NCc1ccc(CN2CCOCC2)cc1. The molecule has 0 bridgehead atoms. The molecule has 2 aromatic rings. The summed E-state index contributed by atoms with van der Waals surface area (Å²) < 4.78 is 11.2. The van der Waals surface area contributed by atoms with Crippen molar-refractivity contribution in [3.8, 4) is 5.75 Å². The maximum atomic E-state index is 12.3. The third-order valence-corrected chi connectivity index (χ3v) is 4.77. The summed E-state index contributed by atoms with van der Waals surface area (Å²) in [6.45, 7) is 8.77. The number of morpholine rings is 1. The Labute approximate surface area is 161 Å². The van der Waals surface area contributed by atoms with E-state index in [2.05, 4.69) is 34.5 Å². The zero-order chi connectivity index (χ0) is 19.1. The van der Waals surface area contributed by atoms with E-state index in [4.69, 9.17) is 9.47 Å². The van der Waals surface area contributed by atoms with Crippen LogP contribution in [0.25, 0.3) is 0 Å². The van der Waals surface area contributed by atoms with E-state index in [-0.39, 0.29) is 5.91 Å². The molecular weight excluding hydrogens is 340 g/mol. The second kappa shape index (κ2) is 9.53. The van der Waals surface area contributed by atoms with E-state index >= 15 is 0 Å². The quantitative estimate of drug-likeness (QED) is 0.816. The molecule has 0 saturated carbocycles. The van der Waals surface area contributed by atoms with Crippen LogP contribution in [-0.2, 0) is 22.6 Å². The lowest BCUT2D eigenvalue weighted by Gasteiger charge is -2.26. The van der Waals surface area contributed by atoms with Crippen LogP contribution in [0.5, 0.6) is 5.75 Å². The number of aryl methyl sites for hydroxylation is 1. The number of nitrogens with one attached hydrogen (secondary N) is 1. The Morgan fingerprint density at radius 2 is 1.78 bits per heavy atom. The molecule has 1 fully saturated rings. The summed E-state index contributed by atoms with van der Waals surface area (Å²) in [6.07, 6.45) is -0.535. The summed E-state index contributed by atoms with van der Waals surface area (Å²) in [5, 5.41) is 2.95. The van der Waals surface area contributed by atoms with Crippen LogP contribution in [-0.4, -0.2) is 43.2 Å². The van der Waals surface area contributed by atoms with Crippen LogP contribution in [0.2, 0.25) is 0 Å². The fraction of sp³-hybridized carbons (Fsp3) is 0.409. The predicted octanol–water partition coefficient (Wildman–Crippen LogP) is 2.91. The van der Waals surface area contributed by atoms with E-state index in [0.29, 0.717) is 6.54 Å². The molecule has 5 nitrogen and oxygen atoms in total. The van der Waals surface area contributed by atoms with Crippen molar-refractivity contribution in [3.63, 3.8) is 0 Å². The lowest BCUT2D eigenvalue weighted by molar-refractivity contribution is -0.127. The van der Waals surface area contributed by atoms with Crippen LogP contribution < -0.4 is 10.1 Å². The van der Waals surface area contributed by atoms with Gasteiger partial charge in [0.1, 0.15) is 5.75 Å². The molecule has 0 radical (unpaired) electrons. The fourth-order valence-electron chi connectivity index (χ4n) is 3.05. The molecule has 1 aliphatic rings. The molecule has 0 aliphatic carbocycles. The number of hydrogen-bond donors (Lipinski definition) is 1. The minimum Gasteiger partial charge on any atom is -0.481 e. The molecule has 5 heteroatoms. The number of benzene rings is 2. The van der Waals surface area contributed by atoms with Gasteiger partial charge in [-0.05, 0) is 36.6 Å². The van der Waals surface area contributed by atoms with Gasteiger partial charge in [0.15, 0.2) is 6.10 Å². The highest BCUT2D eigenvalue weighted by Crippen LogP contribution is 2.18. The molecular formula is C22H28N2O3. The molecule has 1 amide bonds. The average molecular weight is 368 g/mol. The standard InChI is InChI=1S/C22H28N2O3/c1-17-5-3-4-6-21(17)27-18(2)22(25)23-15-19-7-9-20(10-8-19)16-24-11-13-26-14-12-24/h3-10,18H,11-16H2,1-2H3,(H,23,25). The van der Waals surface area contributed by atoms with Crippen LogP contribution in [0, 0.1) is 6.92 Å². The van der Waals surface area contributed by atoms with Gasteiger partial charge in [-0.2, -0.15) is 0 Å². The molecule has 1 aliphatic heterocycles. The topological polar surface area (TPSA) is 50.8 Å². The molecule has 144 valence electrons. The highest BCUT2D eigenvalue weighted by Gasteiger charge is 2.15. The monoisotopic (exact) mass is 368 g/mol. The molecule has 1 unspecified atom stereocenters. The molecule has 1 N–H and O–H groups in total. The van der Waals surface area contributed by atoms with Gasteiger partial charge in [0, 0.05) is 26.2 Å². The van der Waals surface area contributed by atoms with Gasteiger partial charge >= 0.3 is 0 Å². The Balaban J connectivity index is 1.46. The second-order valence-electron chi connectivity index (χ2n) is 6.95. The van der Waals surface area contributed by atoms with Crippen LogP contribution in [0.1, 0.15) is 23.6 Å². The summed E-state index contributed by atoms with van der Waals surface area (Å²) in [6, 6.07) is 16.1. The molecule has 0 aromatic heterocycles. The summed E-state index contributed by atoms with van der Waals surface area (Å²) in [4.78, 5) is 14.7. The van der Waals surface area contributed by atoms with Gasteiger partial charge in [0.25, 0.3) is 5.91 Å². The van der Waals surface area contributed by atoms with Gasteiger partial charge in [0.2, 0.25) is 0 Å². The smallest absolute Gasteiger partial charge is 0.261 e. The third kappa shape index (κ3) is 5.81. The zero-order valence-electron chi connectivity index (χ0n) is 16.1. The van der Waals surface area contributed by atoms with Gasteiger partial charge in [-0.1, -0.05) is 42.5 Å². The Morgan fingerprint density at radius 1 is 1.11 bits per heavy atom. The van der Waals surface area contributed by atoms with E-state index < -0.39 is 6.10 Å². The van der Waals surface area contributed by atoms with Crippen molar-refractivity contribution in [2.24, 2.45) is 0 Å². The van der Waals surface area contributed by atoms with Crippen molar-refractivity contribution >= 4 is 5.91 Å². The lowest BCUT2D eigenvalue weighted by atomic mass is 10.1. The molecule has 3 rings (SSSR count). The number of amides is 1. The third-order valence-electron chi connectivity index (χ3n) is 4.77. The number of carbonyl (C=O) groups is 1. The average Bonchev–Trinajstić information content (AvgIpc) is 2.69. The molecule has 1 atom stereocenters. The first-order chi connectivity index (χ1) is 13.1. The number of ether oxygens (including phenoxy) is 2. The molecule has 1 heterocycles. The summed E-state index contributed by atoms with van der Waals surface area (Å²) in [7, 11) is 0. The van der Waals surface area contributed by atoms with E-state index in [1.54, 1.807) is 6.92 Å².